The van der Waals surface area contributed by atoms with Gasteiger partial charge in [-0.2, -0.15) is 0 Å². The molecule has 0 aliphatic carbocycles. The Bertz CT molecular complexity index is 355. The molecular formula is C12H16N2OS. The fourth-order valence-electron chi connectivity index (χ4n) is 2.07. The summed E-state index contributed by atoms with van der Waals surface area (Å²) < 4.78 is 0. The van der Waals surface area contributed by atoms with Gasteiger partial charge in [0, 0.05) is 37.0 Å². The molecule has 0 saturated carbocycles. The van der Waals surface area contributed by atoms with Crippen molar-refractivity contribution in [2.75, 3.05) is 18.8 Å². The number of carbonyl (C=O) groups is 1. The average molecular weight is 236 g/mol. The van der Waals surface area contributed by atoms with Crippen molar-refractivity contribution in [3.05, 3.63) is 30.1 Å². The fourth-order valence-corrected chi connectivity index (χ4v) is 2.87. The summed E-state index contributed by atoms with van der Waals surface area (Å²) in [5, 5.41) is 3.58. The Morgan fingerprint density at radius 3 is 3.12 bits per heavy atom. The van der Waals surface area contributed by atoms with Crippen molar-refractivity contribution in [3.8, 4) is 0 Å². The lowest BCUT2D eigenvalue weighted by Crippen LogP contribution is -2.15. The van der Waals surface area contributed by atoms with Crippen LogP contribution < -0.4 is 5.32 Å². The number of nitrogens with one attached hydrogen (secondary N) is 1. The van der Waals surface area contributed by atoms with Gasteiger partial charge in [0.15, 0.2) is 5.12 Å². The smallest absolute Gasteiger partial charge is 0.185 e. The van der Waals surface area contributed by atoms with Crippen LogP contribution in [0.3, 0.4) is 0 Å². The van der Waals surface area contributed by atoms with Gasteiger partial charge in [0.25, 0.3) is 0 Å². The molecule has 1 saturated heterocycles. The Morgan fingerprint density at radius 2 is 2.44 bits per heavy atom. The van der Waals surface area contributed by atoms with Crippen LogP contribution in [0.15, 0.2) is 24.4 Å². The van der Waals surface area contributed by atoms with E-state index < -0.39 is 0 Å². The van der Waals surface area contributed by atoms with E-state index in [9.17, 15) is 4.79 Å². The summed E-state index contributed by atoms with van der Waals surface area (Å²) in [5.74, 6) is 1.86. The molecule has 1 aromatic heterocycles. The van der Waals surface area contributed by atoms with E-state index in [2.05, 4.69) is 16.4 Å². The molecule has 1 aliphatic rings. The summed E-state index contributed by atoms with van der Waals surface area (Å²) >= 11 is 1.42. The highest BCUT2D eigenvalue weighted by atomic mass is 32.2. The van der Waals surface area contributed by atoms with Crippen molar-refractivity contribution >= 4 is 16.9 Å². The van der Waals surface area contributed by atoms with Gasteiger partial charge in [0.05, 0.1) is 0 Å². The summed E-state index contributed by atoms with van der Waals surface area (Å²) in [7, 11) is 0. The molecule has 2 heterocycles. The number of hydrogen-bond donors (Lipinski definition) is 1. The van der Waals surface area contributed by atoms with E-state index >= 15 is 0 Å². The number of pyridine rings is 1. The molecule has 0 spiro atoms. The third kappa shape index (κ3) is 2.83. The van der Waals surface area contributed by atoms with Crippen molar-refractivity contribution in [1.82, 2.24) is 10.3 Å². The van der Waals surface area contributed by atoms with Crippen molar-refractivity contribution < 1.29 is 4.79 Å². The second-order valence-corrected chi connectivity index (χ2v) is 5.28. The van der Waals surface area contributed by atoms with Crippen LogP contribution in [0.25, 0.3) is 0 Å². The summed E-state index contributed by atoms with van der Waals surface area (Å²) in [4.78, 5) is 15.4. The number of rotatable bonds is 3. The van der Waals surface area contributed by atoms with Gasteiger partial charge in [0.1, 0.15) is 0 Å². The normalized spacial score (nSPS) is 24.6. The largest absolute Gasteiger partial charge is 0.316 e. The summed E-state index contributed by atoms with van der Waals surface area (Å²) in [6, 6.07) is 6.03. The first-order valence-corrected chi connectivity index (χ1v) is 6.51. The third-order valence-electron chi connectivity index (χ3n) is 2.91. The highest BCUT2D eigenvalue weighted by Crippen LogP contribution is 2.29. The van der Waals surface area contributed by atoms with E-state index in [1.807, 2.05) is 18.3 Å². The Labute approximate surface area is 100 Å². The first kappa shape index (κ1) is 11.6. The second-order valence-electron chi connectivity index (χ2n) is 4.08. The Kier molecular flexibility index (Phi) is 3.96. The van der Waals surface area contributed by atoms with Crippen LogP contribution in [0, 0.1) is 5.92 Å². The second kappa shape index (κ2) is 5.46. The van der Waals surface area contributed by atoms with Gasteiger partial charge < -0.3 is 5.32 Å². The van der Waals surface area contributed by atoms with Gasteiger partial charge in [-0.1, -0.05) is 17.8 Å². The van der Waals surface area contributed by atoms with Crippen molar-refractivity contribution in [1.29, 1.82) is 0 Å². The van der Waals surface area contributed by atoms with Crippen LogP contribution in [0.4, 0.5) is 0 Å². The average Bonchev–Trinajstić information content (AvgIpc) is 2.75. The zero-order valence-corrected chi connectivity index (χ0v) is 10.2. The van der Waals surface area contributed by atoms with Gasteiger partial charge in [-0.15, -0.1) is 0 Å². The first-order chi connectivity index (χ1) is 7.77. The molecule has 0 aromatic carbocycles. The van der Waals surface area contributed by atoms with Crippen molar-refractivity contribution in [3.63, 3.8) is 0 Å². The molecule has 4 heteroatoms. The van der Waals surface area contributed by atoms with E-state index in [4.69, 9.17) is 0 Å². The highest BCUT2D eigenvalue weighted by Gasteiger charge is 2.29. The van der Waals surface area contributed by atoms with Gasteiger partial charge in [-0.05, 0) is 24.6 Å². The summed E-state index contributed by atoms with van der Waals surface area (Å²) in [6.07, 6.45) is 1.84. The van der Waals surface area contributed by atoms with E-state index in [1.165, 1.54) is 11.8 Å². The number of carbonyl (C=O) groups excluding carboxylic acids is 1. The summed E-state index contributed by atoms with van der Waals surface area (Å²) in [5.41, 5.74) is 1.14. The van der Waals surface area contributed by atoms with Crippen LogP contribution in [0.1, 0.15) is 18.5 Å². The van der Waals surface area contributed by atoms with E-state index in [0.717, 1.165) is 24.5 Å². The van der Waals surface area contributed by atoms with Gasteiger partial charge in [0.2, 0.25) is 0 Å². The van der Waals surface area contributed by atoms with E-state index in [0.29, 0.717) is 11.8 Å². The molecule has 0 radical (unpaired) electrons. The van der Waals surface area contributed by atoms with Crippen LogP contribution in [0.5, 0.6) is 0 Å². The molecule has 1 fully saturated rings. The highest BCUT2D eigenvalue weighted by molar-refractivity contribution is 8.13. The van der Waals surface area contributed by atoms with Gasteiger partial charge >= 0.3 is 0 Å². The molecule has 1 aliphatic heterocycles. The van der Waals surface area contributed by atoms with E-state index in [-0.39, 0.29) is 5.12 Å². The van der Waals surface area contributed by atoms with Crippen LogP contribution >= 0.6 is 11.8 Å². The molecule has 86 valence electrons. The van der Waals surface area contributed by atoms with Crippen molar-refractivity contribution in [2.45, 2.75) is 12.8 Å². The fraction of sp³-hybridized carbons (Fsp3) is 0.500. The molecule has 1 aromatic rings. The minimum absolute atomic E-state index is 0.201. The zero-order valence-electron chi connectivity index (χ0n) is 9.35. The Hall–Kier alpha value is -0.870. The predicted molar refractivity (Wildman–Crippen MR) is 66.5 cm³/mol. The molecule has 2 atom stereocenters. The first-order valence-electron chi connectivity index (χ1n) is 5.52. The van der Waals surface area contributed by atoms with Gasteiger partial charge in [-0.25, -0.2) is 0 Å². The minimum Gasteiger partial charge on any atom is -0.316 e. The quantitative estimate of drug-likeness (QED) is 0.866. The maximum Gasteiger partial charge on any atom is 0.185 e. The van der Waals surface area contributed by atoms with Crippen LogP contribution in [-0.2, 0) is 4.79 Å². The van der Waals surface area contributed by atoms with Crippen molar-refractivity contribution in [2.24, 2.45) is 5.92 Å². The predicted octanol–water partition coefficient (Wildman–Crippen LogP) is 1.66. The molecule has 2 unspecified atom stereocenters. The molecule has 0 amide bonds. The lowest BCUT2D eigenvalue weighted by molar-refractivity contribution is -0.109. The number of nitrogens with zero attached hydrogens (tertiary/aromatic N) is 1. The third-order valence-corrected chi connectivity index (χ3v) is 3.91. The maximum atomic E-state index is 11.0. The molecule has 2 rings (SSSR count). The summed E-state index contributed by atoms with van der Waals surface area (Å²) in [6.45, 7) is 3.59. The SMILES string of the molecule is CC(=O)SCC1CNCC1c1ccccn1. The monoisotopic (exact) mass is 236 g/mol. The standard InChI is InChI=1S/C12H16N2OS/c1-9(15)16-8-10-6-13-7-11(10)12-4-2-3-5-14-12/h2-5,10-11,13H,6-8H2,1H3. The number of hydrogen-bond acceptors (Lipinski definition) is 4. The van der Waals surface area contributed by atoms with Crippen LogP contribution in [0.2, 0.25) is 0 Å². The minimum atomic E-state index is 0.201. The van der Waals surface area contributed by atoms with Crippen LogP contribution in [-0.4, -0.2) is 28.9 Å². The molecule has 0 bridgehead atoms. The molecule has 3 nitrogen and oxygen atoms in total. The zero-order chi connectivity index (χ0) is 11.4. The molecule has 16 heavy (non-hydrogen) atoms. The maximum absolute atomic E-state index is 11.0. The molecular weight excluding hydrogens is 220 g/mol. The lowest BCUT2D eigenvalue weighted by atomic mass is 9.94. The number of thioether (sulfide) groups is 1. The number of aromatic nitrogens is 1. The molecule has 1 N–H and O–H groups in total. The Morgan fingerprint density at radius 1 is 1.56 bits per heavy atom. The topological polar surface area (TPSA) is 42.0 Å². The van der Waals surface area contributed by atoms with E-state index in [1.54, 1.807) is 6.92 Å². The Balaban J connectivity index is 2.01. The lowest BCUT2D eigenvalue weighted by Gasteiger charge is -2.16. The van der Waals surface area contributed by atoms with Gasteiger partial charge in [-0.3, -0.25) is 9.78 Å².